The van der Waals surface area contributed by atoms with Gasteiger partial charge in [0, 0.05) is 37.1 Å². The van der Waals surface area contributed by atoms with Crippen molar-refractivity contribution in [2.45, 2.75) is 25.6 Å². The van der Waals surface area contributed by atoms with Crippen LogP contribution in [0.1, 0.15) is 35.9 Å². The third-order valence-electron chi connectivity index (χ3n) is 5.58. The summed E-state index contributed by atoms with van der Waals surface area (Å²) in [4.78, 5) is 19.5. The van der Waals surface area contributed by atoms with Crippen LogP contribution in [-0.2, 0) is 4.74 Å². The molecule has 1 unspecified atom stereocenters. The number of ether oxygens (including phenoxy) is 2. The lowest BCUT2D eigenvalue weighted by atomic mass is 9.97. The predicted octanol–water partition coefficient (Wildman–Crippen LogP) is 2.02. The summed E-state index contributed by atoms with van der Waals surface area (Å²) >= 11 is 0. The minimum absolute atomic E-state index is 0.309. The Bertz CT molecular complexity index is 1120. The van der Waals surface area contributed by atoms with Crippen molar-refractivity contribution in [2.75, 3.05) is 36.5 Å². The fraction of sp³-hybridized carbons (Fsp3) is 0.381. The first-order chi connectivity index (χ1) is 14.4. The number of aromatic nitrogens is 3. The first-order valence-corrected chi connectivity index (χ1v) is 9.91. The highest BCUT2D eigenvalue weighted by Gasteiger charge is 2.41. The van der Waals surface area contributed by atoms with Crippen LogP contribution in [0.4, 0.5) is 11.4 Å². The molecule has 9 heteroatoms. The Kier molecular flexibility index (Phi) is 4.37. The van der Waals surface area contributed by atoms with Gasteiger partial charge in [0.05, 0.1) is 30.8 Å². The highest BCUT2D eigenvalue weighted by atomic mass is 16.5. The van der Waals surface area contributed by atoms with Crippen LogP contribution in [0.3, 0.4) is 0 Å². The first kappa shape index (κ1) is 18.8. The molecule has 30 heavy (non-hydrogen) atoms. The SMILES string of the molecule is CC1(C)Oc2cc(NC(=O)c3cnn4cccnc34)c(N3CCOCC3)cc2C1O. The van der Waals surface area contributed by atoms with Crippen LogP contribution in [-0.4, -0.2) is 57.5 Å². The first-order valence-electron chi connectivity index (χ1n) is 9.91. The number of anilines is 2. The maximum absolute atomic E-state index is 13.1. The number of hydrogen-bond acceptors (Lipinski definition) is 7. The van der Waals surface area contributed by atoms with Crippen LogP contribution in [0.5, 0.6) is 5.75 Å². The van der Waals surface area contributed by atoms with E-state index in [1.54, 1.807) is 29.0 Å². The van der Waals surface area contributed by atoms with Crippen molar-refractivity contribution in [3.8, 4) is 5.75 Å². The van der Waals surface area contributed by atoms with E-state index >= 15 is 0 Å². The Morgan fingerprint density at radius 2 is 2.10 bits per heavy atom. The number of morpholine rings is 1. The number of carbonyl (C=O) groups excluding carboxylic acids is 1. The van der Waals surface area contributed by atoms with E-state index in [0.717, 1.165) is 11.3 Å². The fourth-order valence-electron chi connectivity index (χ4n) is 3.94. The van der Waals surface area contributed by atoms with Crippen LogP contribution in [0, 0.1) is 0 Å². The topological polar surface area (TPSA) is 101 Å². The standard InChI is InChI=1S/C21H23N5O4/c1-21(2)18(27)13-10-16(25-6-8-29-9-7-25)15(11-17(13)30-21)24-20(28)14-12-23-26-5-3-4-22-19(14)26/h3-5,10-12,18,27H,6-9H2,1-2H3,(H,24,28). The molecule has 1 fully saturated rings. The molecule has 5 rings (SSSR count). The highest BCUT2D eigenvalue weighted by molar-refractivity contribution is 6.09. The molecule has 1 saturated heterocycles. The third-order valence-corrected chi connectivity index (χ3v) is 5.58. The molecule has 156 valence electrons. The molecule has 0 spiro atoms. The molecule has 0 bridgehead atoms. The average Bonchev–Trinajstić information content (AvgIpc) is 3.27. The van der Waals surface area contributed by atoms with Gasteiger partial charge in [-0.3, -0.25) is 4.79 Å². The number of nitrogens with one attached hydrogen (secondary N) is 1. The van der Waals surface area contributed by atoms with Crippen LogP contribution >= 0.6 is 0 Å². The average molecular weight is 409 g/mol. The van der Waals surface area contributed by atoms with Crippen molar-refractivity contribution in [1.29, 1.82) is 0 Å². The molecule has 0 aliphatic carbocycles. The van der Waals surface area contributed by atoms with Crippen LogP contribution < -0.4 is 15.0 Å². The second kappa shape index (κ2) is 6.96. The lowest BCUT2D eigenvalue weighted by Gasteiger charge is -2.31. The molecule has 3 aromatic rings. The molecule has 4 heterocycles. The summed E-state index contributed by atoms with van der Waals surface area (Å²) < 4.78 is 13.0. The maximum atomic E-state index is 13.1. The van der Waals surface area contributed by atoms with Crippen LogP contribution in [0.15, 0.2) is 36.8 Å². The molecule has 2 aliphatic heterocycles. The number of benzene rings is 1. The van der Waals surface area contributed by atoms with Crippen LogP contribution in [0.2, 0.25) is 0 Å². The number of hydrogen-bond donors (Lipinski definition) is 2. The van der Waals surface area contributed by atoms with Crippen molar-refractivity contribution in [2.24, 2.45) is 0 Å². The summed E-state index contributed by atoms with van der Waals surface area (Å²) in [6.07, 6.45) is 4.12. The molecule has 1 aromatic carbocycles. The van der Waals surface area contributed by atoms with E-state index in [0.29, 0.717) is 49.0 Å². The lowest BCUT2D eigenvalue weighted by molar-refractivity contribution is 0.000570. The number of rotatable bonds is 3. The zero-order valence-electron chi connectivity index (χ0n) is 16.8. The molecule has 1 atom stereocenters. The van der Waals surface area contributed by atoms with E-state index in [2.05, 4.69) is 20.3 Å². The summed E-state index contributed by atoms with van der Waals surface area (Å²) in [5.41, 5.74) is 2.29. The molecule has 9 nitrogen and oxygen atoms in total. The van der Waals surface area contributed by atoms with E-state index in [1.165, 1.54) is 6.20 Å². The van der Waals surface area contributed by atoms with Gasteiger partial charge in [-0.25, -0.2) is 9.50 Å². The smallest absolute Gasteiger partial charge is 0.261 e. The van der Waals surface area contributed by atoms with E-state index in [4.69, 9.17) is 9.47 Å². The van der Waals surface area contributed by atoms with Gasteiger partial charge < -0.3 is 24.8 Å². The Hall–Kier alpha value is -3.17. The van der Waals surface area contributed by atoms with E-state index in [9.17, 15) is 9.90 Å². The van der Waals surface area contributed by atoms with Crippen molar-refractivity contribution >= 4 is 22.9 Å². The van der Waals surface area contributed by atoms with E-state index in [1.807, 2.05) is 19.9 Å². The Morgan fingerprint density at radius 3 is 2.90 bits per heavy atom. The normalized spacial score (nSPS) is 20.1. The van der Waals surface area contributed by atoms with Gasteiger partial charge in [-0.1, -0.05) is 0 Å². The molecular weight excluding hydrogens is 386 g/mol. The fourth-order valence-corrected chi connectivity index (χ4v) is 3.94. The van der Waals surface area contributed by atoms with Crippen molar-refractivity contribution in [3.05, 3.63) is 47.9 Å². The number of aliphatic hydroxyl groups is 1. The highest BCUT2D eigenvalue weighted by Crippen LogP contribution is 2.47. The predicted molar refractivity (Wildman–Crippen MR) is 110 cm³/mol. The molecule has 2 aromatic heterocycles. The Balaban J connectivity index is 1.54. The van der Waals surface area contributed by atoms with Gasteiger partial charge in [-0.05, 0) is 26.0 Å². The maximum Gasteiger partial charge on any atom is 0.261 e. The summed E-state index contributed by atoms with van der Waals surface area (Å²) in [7, 11) is 0. The Morgan fingerprint density at radius 1 is 1.30 bits per heavy atom. The zero-order chi connectivity index (χ0) is 20.9. The Labute approximate surface area is 173 Å². The second-order valence-corrected chi connectivity index (χ2v) is 8.01. The number of aliphatic hydroxyl groups excluding tert-OH is 1. The molecule has 2 aliphatic rings. The summed E-state index contributed by atoms with van der Waals surface area (Å²) in [5, 5.41) is 17.9. The molecule has 1 amide bonds. The van der Waals surface area contributed by atoms with Crippen molar-refractivity contribution in [1.82, 2.24) is 14.6 Å². The van der Waals surface area contributed by atoms with E-state index < -0.39 is 11.7 Å². The number of nitrogens with zero attached hydrogens (tertiary/aromatic N) is 4. The van der Waals surface area contributed by atoms with E-state index in [-0.39, 0.29) is 5.91 Å². The largest absolute Gasteiger partial charge is 0.484 e. The monoisotopic (exact) mass is 409 g/mol. The minimum atomic E-state index is -0.749. The number of carbonyl (C=O) groups is 1. The third kappa shape index (κ3) is 3.06. The van der Waals surface area contributed by atoms with Gasteiger partial charge in [0.15, 0.2) is 5.65 Å². The van der Waals surface area contributed by atoms with Crippen molar-refractivity contribution in [3.63, 3.8) is 0 Å². The molecule has 0 saturated carbocycles. The van der Waals surface area contributed by atoms with Gasteiger partial charge in [0.25, 0.3) is 5.91 Å². The van der Waals surface area contributed by atoms with Gasteiger partial charge in [-0.15, -0.1) is 0 Å². The molecule has 2 N–H and O–H groups in total. The van der Waals surface area contributed by atoms with Gasteiger partial charge in [0.2, 0.25) is 0 Å². The van der Waals surface area contributed by atoms with Crippen LogP contribution in [0.25, 0.3) is 5.65 Å². The summed E-state index contributed by atoms with van der Waals surface area (Å²) in [5.74, 6) is 0.258. The molecule has 0 radical (unpaired) electrons. The molecular formula is C21H23N5O4. The van der Waals surface area contributed by atoms with Gasteiger partial charge in [-0.2, -0.15) is 5.10 Å². The summed E-state index contributed by atoms with van der Waals surface area (Å²) in [6, 6.07) is 5.45. The summed E-state index contributed by atoms with van der Waals surface area (Å²) in [6.45, 7) is 6.28. The van der Waals surface area contributed by atoms with Gasteiger partial charge >= 0.3 is 0 Å². The second-order valence-electron chi connectivity index (χ2n) is 8.01. The lowest BCUT2D eigenvalue weighted by Crippen LogP contribution is -2.37. The zero-order valence-corrected chi connectivity index (χ0v) is 16.8. The number of amides is 1. The quantitative estimate of drug-likeness (QED) is 0.682. The van der Waals surface area contributed by atoms with Gasteiger partial charge in [0.1, 0.15) is 23.0 Å². The van der Waals surface area contributed by atoms with Crippen molar-refractivity contribution < 1.29 is 19.4 Å². The minimum Gasteiger partial charge on any atom is -0.484 e. The number of fused-ring (bicyclic) bond motifs is 2.